The van der Waals surface area contributed by atoms with Gasteiger partial charge < -0.3 is 49.1 Å². The molecule has 0 amide bonds. The Balaban J connectivity index is 0.000000178. The number of carboxylic acid groups (broad SMARTS) is 1. The van der Waals surface area contributed by atoms with Crippen LogP contribution in [0.5, 0.6) is 11.5 Å². The number of pyridine rings is 2. The Bertz CT molecular complexity index is 2420. The fourth-order valence-corrected chi connectivity index (χ4v) is 10.8. The first kappa shape index (κ1) is 55.8. The molecule has 2 unspecified atom stereocenters. The van der Waals surface area contributed by atoms with Crippen molar-refractivity contribution in [2.75, 3.05) is 76.6 Å². The molecule has 2 saturated carbocycles. The molecule has 2 aliphatic heterocycles. The first-order chi connectivity index (χ1) is 36.6. The first-order valence-electron chi connectivity index (χ1n) is 28.0. The van der Waals surface area contributed by atoms with Crippen molar-refractivity contribution in [1.82, 2.24) is 29.9 Å². The van der Waals surface area contributed by atoms with E-state index >= 15 is 0 Å². The normalized spacial score (nSPS) is 19.6. The van der Waals surface area contributed by atoms with Gasteiger partial charge in [0.1, 0.15) is 54.3 Å². The molecule has 4 aromatic rings. The van der Waals surface area contributed by atoms with Crippen molar-refractivity contribution in [3.05, 3.63) is 59.2 Å². The molecule has 18 heteroatoms. The largest absolute Gasteiger partial charge is 0.491 e. The third-order valence-corrected chi connectivity index (χ3v) is 14.7. The molecular weight excluding hydrogens is 955 g/mol. The van der Waals surface area contributed by atoms with Crippen molar-refractivity contribution < 1.29 is 43.1 Å². The van der Waals surface area contributed by atoms with Crippen molar-refractivity contribution in [1.29, 1.82) is 0 Å². The lowest BCUT2D eigenvalue weighted by Crippen LogP contribution is -2.29. The minimum Gasteiger partial charge on any atom is -0.491 e. The van der Waals surface area contributed by atoms with E-state index in [0.717, 1.165) is 113 Å². The van der Waals surface area contributed by atoms with E-state index in [9.17, 15) is 14.7 Å². The van der Waals surface area contributed by atoms with E-state index < -0.39 is 5.97 Å². The van der Waals surface area contributed by atoms with E-state index in [4.69, 9.17) is 49.1 Å². The van der Waals surface area contributed by atoms with Gasteiger partial charge in [-0.15, -0.1) is 0 Å². The van der Waals surface area contributed by atoms with E-state index in [0.29, 0.717) is 97.5 Å². The third-order valence-electron chi connectivity index (χ3n) is 14.7. The summed E-state index contributed by atoms with van der Waals surface area (Å²) in [5, 5.41) is 9.17. The maximum absolute atomic E-state index is 12.9. The van der Waals surface area contributed by atoms with Crippen LogP contribution >= 0.6 is 0 Å². The second kappa shape index (κ2) is 29.2. The highest BCUT2D eigenvalue weighted by molar-refractivity contribution is 5.83. The van der Waals surface area contributed by atoms with E-state index in [1.807, 2.05) is 24.1 Å². The molecule has 75 heavy (non-hydrogen) atoms. The van der Waals surface area contributed by atoms with Crippen molar-refractivity contribution in [2.24, 2.45) is 11.7 Å². The Morgan fingerprint density at radius 2 is 1.08 bits per heavy atom. The Morgan fingerprint density at radius 3 is 1.53 bits per heavy atom. The number of aryl methyl sites for hydroxylation is 2. The Kier molecular flexibility index (Phi) is 21.7. The smallest absolute Gasteiger partial charge is 0.323 e. The molecule has 2 saturated heterocycles. The van der Waals surface area contributed by atoms with Crippen LogP contribution in [-0.4, -0.2) is 132 Å². The van der Waals surface area contributed by atoms with Crippen LogP contribution in [-0.2, 0) is 54.2 Å². The highest BCUT2D eigenvalue weighted by Crippen LogP contribution is 2.34. The van der Waals surface area contributed by atoms with Crippen LogP contribution in [0.4, 0.5) is 11.6 Å². The lowest BCUT2D eigenvalue weighted by atomic mass is 9.86. The SMILES string of the molecule is CN(CC(=O)CC1CCCCC1)c1nc(-c2cc(OCCOC3CCCCO3)ccn2)nc2c1CCC2.CN(CC(=O)O)c1nc(-c2cc(OCCOC3CCCCO3)ccn2)nc2c1CCC2.NC1CCCCC1. The van der Waals surface area contributed by atoms with E-state index in [-0.39, 0.29) is 19.1 Å². The molecule has 0 aromatic carbocycles. The number of carbonyl (C=O) groups is 2. The van der Waals surface area contributed by atoms with Crippen LogP contribution in [0.1, 0.15) is 145 Å². The van der Waals surface area contributed by atoms with Gasteiger partial charge in [0, 0.05) is 86.8 Å². The zero-order valence-electron chi connectivity index (χ0n) is 44.6. The van der Waals surface area contributed by atoms with Gasteiger partial charge in [0.2, 0.25) is 0 Å². The number of ketones is 1. The number of ether oxygens (including phenoxy) is 6. The summed E-state index contributed by atoms with van der Waals surface area (Å²) in [6, 6.07) is 7.84. The predicted octanol–water partition coefficient (Wildman–Crippen LogP) is 8.67. The summed E-state index contributed by atoms with van der Waals surface area (Å²) in [6.07, 6.45) is 28.7. The number of hydrogen-bond donors (Lipinski definition) is 2. The molecule has 4 aromatic heterocycles. The number of aliphatic carboxylic acids is 1. The van der Waals surface area contributed by atoms with Gasteiger partial charge in [0.25, 0.3) is 0 Å². The van der Waals surface area contributed by atoms with E-state index in [1.54, 1.807) is 36.5 Å². The molecule has 0 radical (unpaired) electrons. The average molecular weight is 1040 g/mol. The lowest BCUT2D eigenvalue weighted by Gasteiger charge is -2.24. The summed E-state index contributed by atoms with van der Waals surface area (Å²) in [4.78, 5) is 55.8. The number of anilines is 2. The summed E-state index contributed by atoms with van der Waals surface area (Å²) in [5.41, 5.74) is 11.1. The predicted molar refractivity (Wildman–Crippen MR) is 286 cm³/mol. The summed E-state index contributed by atoms with van der Waals surface area (Å²) in [5.74, 6) is 3.90. The van der Waals surface area contributed by atoms with Crippen LogP contribution in [0.3, 0.4) is 0 Å². The molecule has 10 rings (SSSR count). The highest BCUT2D eigenvalue weighted by Gasteiger charge is 2.27. The average Bonchev–Trinajstić information content (AvgIpc) is 4.13. The number of rotatable bonds is 20. The quantitative estimate of drug-likeness (QED) is 0.0791. The van der Waals surface area contributed by atoms with Crippen molar-refractivity contribution in [3.8, 4) is 34.5 Å². The van der Waals surface area contributed by atoms with Gasteiger partial charge in [-0.3, -0.25) is 19.6 Å². The number of nitrogens with two attached hydrogens (primary N) is 1. The van der Waals surface area contributed by atoms with Gasteiger partial charge in [-0.1, -0.05) is 51.4 Å². The number of Topliss-reactive ketones (excluding diaryl/α,β-unsaturated/α-hetero) is 1. The molecule has 0 spiro atoms. The first-order valence-corrected chi connectivity index (χ1v) is 28.0. The van der Waals surface area contributed by atoms with Gasteiger partial charge >= 0.3 is 5.97 Å². The van der Waals surface area contributed by atoms with E-state index in [1.165, 1.54) is 69.8 Å². The highest BCUT2D eigenvalue weighted by atomic mass is 16.7. The topological polar surface area (TPSA) is 220 Å². The summed E-state index contributed by atoms with van der Waals surface area (Å²) in [6.45, 7) is 3.55. The number of carboxylic acids is 1. The van der Waals surface area contributed by atoms with Crippen LogP contribution in [0.2, 0.25) is 0 Å². The van der Waals surface area contributed by atoms with Crippen LogP contribution < -0.4 is 25.0 Å². The number of likely N-dealkylation sites (N-methyl/N-ethyl adjacent to an activating group) is 2. The molecule has 4 fully saturated rings. The summed E-state index contributed by atoms with van der Waals surface area (Å²) < 4.78 is 34.4. The lowest BCUT2D eigenvalue weighted by molar-refractivity contribution is -0.165. The van der Waals surface area contributed by atoms with Crippen molar-refractivity contribution in [2.45, 2.75) is 166 Å². The van der Waals surface area contributed by atoms with Gasteiger partial charge in [-0.05, 0) is 108 Å². The third kappa shape index (κ3) is 17.3. The summed E-state index contributed by atoms with van der Waals surface area (Å²) in [7, 11) is 3.72. The number of hydrogen-bond acceptors (Lipinski definition) is 17. The molecule has 0 bridgehead atoms. The number of nitrogens with zero attached hydrogens (tertiary/aromatic N) is 8. The van der Waals surface area contributed by atoms with Gasteiger partial charge in [0.05, 0.1) is 19.8 Å². The fourth-order valence-electron chi connectivity index (χ4n) is 10.8. The Labute approximate surface area is 443 Å². The Hall–Kier alpha value is -5.40. The molecular formula is C57H81N9O9. The minimum atomic E-state index is -0.899. The number of carbonyl (C=O) groups excluding carboxylic acids is 1. The number of fused-ring (bicyclic) bond motifs is 2. The maximum atomic E-state index is 12.9. The van der Waals surface area contributed by atoms with Crippen LogP contribution in [0.25, 0.3) is 23.0 Å². The zero-order valence-corrected chi connectivity index (χ0v) is 44.6. The molecule has 18 nitrogen and oxygen atoms in total. The monoisotopic (exact) mass is 1040 g/mol. The second-order valence-electron chi connectivity index (χ2n) is 20.8. The van der Waals surface area contributed by atoms with Gasteiger partial charge in [-0.2, -0.15) is 0 Å². The maximum Gasteiger partial charge on any atom is 0.323 e. The second-order valence-corrected chi connectivity index (χ2v) is 20.8. The van der Waals surface area contributed by atoms with Crippen LogP contribution in [0, 0.1) is 5.92 Å². The van der Waals surface area contributed by atoms with Crippen molar-refractivity contribution >= 4 is 23.4 Å². The fraction of sp³-hybridized carbons (Fsp3) is 0.649. The number of aromatic nitrogens is 6. The molecule has 6 aliphatic rings. The molecule has 4 aliphatic carbocycles. The molecule has 6 heterocycles. The van der Waals surface area contributed by atoms with Crippen molar-refractivity contribution in [3.63, 3.8) is 0 Å². The van der Waals surface area contributed by atoms with Gasteiger partial charge in [0.15, 0.2) is 30.0 Å². The molecule has 2 atom stereocenters. The molecule has 408 valence electrons. The summed E-state index contributed by atoms with van der Waals surface area (Å²) >= 11 is 0. The zero-order chi connectivity index (χ0) is 52.2. The van der Waals surface area contributed by atoms with Gasteiger partial charge in [-0.25, -0.2) is 19.9 Å². The standard InChI is InChI=1S/C29H40N4O4.C22H28N4O5.C6H13N/c1-33(20-22(34)18-21-8-3-2-4-9-21)29-24-10-7-11-25(24)31-28(32-29)26-19-23(13-14-30-26)35-16-17-37-27-12-5-6-15-36-27;1-26(14-19(27)28)22-16-5-4-6-17(16)24-21(25-22)18-13-15(8-9-23-18)29-11-12-31-20-7-2-3-10-30-20;7-6-4-2-1-3-5-6/h13-14,19,21,27H,2-12,15-18,20H2,1H3;8-9,13,20H,2-7,10-12,14H2,1H3,(H,27,28);6H,1-5,7H2. The van der Waals surface area contributed by atoms with Crippen LogP contribution in [0.15, 0.2) is 36.7 Å². The molecule has 3 N–H and O–H groups in total. The van der Waals surface area contributed by atoms with E-state index in [2.05, 4.69) is 15.0 Å². The minimum absolute atomic E-state index is 0.116. The Morgan fingerprint density at radius 1 is 0.600 bits per heavy atom.